The topological polar surface area (TPSA) is 153 Å². The maximum Gasteiger partial charge on any atom is 0.419 e. The Morgan fingerprint density at radius 1 is 1.11 bits per heavy atom. The molecule has 0 unspecified atom stereocenters. The monoisotopic (exact) mass is 555 g/mol. The van der Waals surface area contributed by atoms with Crippen LogP contribution in [0.15, 0.2) is 23.1 Å². The van der Waals surface area contributed by atoms with E-state index in [4.69, 9.17) is 20.9 Å². The standard InChI is InChI=1S/C23H28F3N7O4S/c1-36-16-12-14(38(34,35)33-6-4-13(5-7-33)32-8-10-37-11-9-32)2-3-15(16)19-18(23(24,25)26)17-20(27)30-22(28)31-21(17)29-19/h2-3,12-13H,4-11H2,1H3,(H5,27,28,29,30,31). The zero-order valence-electron chi connectivity index (χ0n) is 20.6. The van der Waals surface area contributed by atoms with Crippen LogP contribution in [0.1, 0.15) is 18.4 Å². The number of nitrogen functional groups attached to an aromatic ring is 2. The van der Waals surface area contributed by atoms with Gasteiger partial charge in [-0.15, -0.1) is 0 Å². The molecule has 3 aromatic rings. The number of benzene rings is 1. The largest absolute Gasteiger partial charge is 0.496 e. The smallest absolute Gasteiger partial charge is 0.419 e. The molecule has 38 heavy (non-hydrogen) atoms. The minimum absolute atomic E-state index is 0.0132. The fourth-order valence-corrected chi connectivity index (χ4v) is 6.69. The van der Waals surface area contributed by atoms with Crippen LogP contribution < -0.4 is 16.2 Å². The number of nitrogens with one attached hydrogen (secondary N) is 1. The predicted molar refractivity (Wildman–Crippen MR) is 134 cm³/mol. The molecule has 0 bridgehead atoms. The van der Waals surface area contributed by atoms with E-state index >= 15 is 0 Å². The molecule has 2 fully saturated rings. The Labute approximate surface area is 217 Å². The second-order valence-electron chi connectivity index (χ2n) is 9.21. The summed E-state index contributed by atoms with van der Waals surface area (Å²) in [5, 5.41) is -0.427. The minimum Gasteiger partial charge on any atom is -0.496 e. The Balaban J connectivity index is 1.48. The number of morpholine rings is 1. The van der Waals surface area contributed by atoms with Crippen molar-refractivity contribution in [1.29, 1.82) is 0 Å². The first-order valence-corrected chi connectivity index (χ1v) is 13.5. The molecule has 206 valence electrons. The molecule has 2 aromatic heterocycles. The summed E-state index contributed by atoms with van der Waals surface area (Å²) in [6.45, 7) is 3.68. The molecule has 5 N–H and O–H groups in total. The van der Waals surface area contributed by atoms with Gasteiger partial charge in [0, 0.05) is 43.9 Å². The van der Waals surface area contributed by atoms with E-state index in [2.05, 4.69) is 19.9 Å². The van der Waals surface area contributed by atoms with E-state index in [0.717, 1.165) is 13.1 Å². The summed E-state index contributed by atoms with van der Waals surface area (Å²) in [5.41, 5.74) is 9.65. The van der Waals surface area contributed by atoms with Crippen molar-refractivity contribution >= 4 is 32.8 Å². The van der Waals surface area contributed by atoms with Crippen LogP contribution in [0.2, 0.25) is 0 Å². The van der Waals surface area contributed by atoms with Gasteiger partial charge in [0.25, 0.3) is 0 Å². The Morgan fingerprint density at radius 3 is 2.42 bits per heavy atom. The summed E-state index contributed by atoms with van der Waals surface area (Å²) in [5.74, 6) is -0.783. The van der Waals surface area contributed by atoms with E-state index in [-0.39, 0.29) is 39.5 Å². The first-order chi connectivity index (χ1) is 18.0. The van der Waals surface area contributed by atoms with E-state index in [0.29, 0.717) is 39.1 Å². The SMILES string of the molecule is COc1cc(S(=O)(=O)N2CCC(N3CCOCC3)CC2)ccc1-c1[nH]c2nc(N)nc(N)c2c1C(F)(F)F. The maximum atomic E-state index is 14.2. The molecule has 0 aliphatic carbocycles. The highest BCUT2D eigenvalue weighted by Gasteiger charge is 2.40. The summed E-state index contributed by atoms with van der Waals surface area (Å²) in [4.78, 5) is 12.4. The molecular weight excluding hydrogens is 527 g/mol. The summed E-state index contributed by atoms with van der Waals surface area (Å²) >= 11 is 0. The number of nitrogens with two attached hydrogens (primary N) is 2. The zero-order chi connectivity index (χ0) is 27.2. The van der Waals surface area contributed by atoms with E-state index in [1.165, 1.54) is 29.6 Å². The number of methoxy groups -OCH3 is 1. The lowest BCUT2D eigenvalue weighted by Crippen LogP contribution is -2.50. The third-order valence-electron chi connectivity index (χ3n) is 7.05. The fraction of sp³-hybridized carbons (Fsp3) is 0.478. The number of hydrogen-bond acceptors (Lipinski definition) is 9. The van der Waals surface area contributed by atoms with Crippen molar-refractivity contribution in [3.63, 3.8) is 0 Å². The predicted octanol–water partition coefficient (Wildman–Crippen LogP) is 2.30. The fourth-order valence-electron chi connectivity index (χ4n) is 5.20. The van der Waals surface area contributed by atoms with Crippen LogP contribution >= 0.6 is 0 Å². The number of rotatable bonds is 5. The van der Waals surface area contributed by atoms with Gasteiger partial charge >= 0.3 is 6.18 Å². The average molecular weight is 556 g/mol. The van der Waals surface area contributed by atoms with Crippen LogP contribution in [-0.4, -0.2) is 85.1 Å². The third kappa shape index (κ3) is 4.74. The lowest BCUT2D eigenvalue weighted by atomic mass is 10.0. The molecule has 0 atom stereocenters. The second kappa shape index (κ2) is 9.87. The van der Waals surface area contributed by atoms with Gasteiger partial charge in [-0.2, -0.15) is 27.4 Å². The van der Waals surface area contributed by atoms with Crippen LogP contribution in [0.4, 0.5) is 24.9 Å². The number of ether oxygens (including phenoxy) is 2. The van der Waals surface area contributed by atoms with Crippen molar-refractivity contribution in [3.8, 4) is 17.0 Å². The van der Waals surface area contributed by atoms with Crippen molar-refractivity contribution in [3.05, 3.63) is 23.8 Å². The number of aromatic nitrogens is 3. The van der Waals surface area contributed by atoms with Crippen molar-refractivity contribution < 1.29 is 31.1 Å². The Kier molecular flexibility index (Phi) is 6.87. The number of sulfonamides is 1. The van der Waals surface area contributed by atoms with Gasteiger partial charge < -0.3 is 25.9 Å². The molecule has 0 radical (unpaired) electrons. The van der Waals surface area contributed by atoms with Gasteiger partial charge in [0.05, 0.1) is 41.9 Å². The summed E-state index contributed by atoms with van der Waals surface area (Å²) in [6.07, 6.45) is -3.46. The number of piperidine rings is 1. The normalized spacial score (nSPS) is 18.7. The molecule has 5 rings (SSSR count). The zero-order valence-corrected chi connectivity index (χ0v) is 21.4. The van der Waals surface area contributed by atoms with Crippen LogP contribution in [0, 0.1) is 0 Å². The highest BCUT2D eigenvalue weighted by Crippen LogP contribution is 2.45. The number of alkyl halides is 3. The minimum atomic E-state index is -4.83. The Bertz CT molecular complexity index is 1450. The van der Waals surface area contributed by atoms with E-state index < -0.39 is 33.0 Å². The first-order valence-electron chi connectivity index (χ1n) is 12.0. The quantitative estimate of drug-likeness (QED) is 0.430. The first kappa shape index (κ1) is 26.5. The van der Waals surface area contributed by atoms with E-state index in [9.17, 15) is 21.6 Å². The maximum absolute atomic E-state index is 14.2. The number of fused-ring (bicyclic) bond motifs is 1. The van der Waals surface area contributed by atoms with Gasteiger partial charge in [-0.25, -0.2) is 8.42 Å². The summed E-state index contributed by atoms with van der Waals surface area (Å²) < 4.78 is 81.6. The van der Waals surface area contributed by atoms with Crippen LogP contribution in [0.5, 0.6) is 5.75 Å². The Morgan fingerprint density at radius 2 is 1.79 bits per heavy atom. The molecule has 2 saturated heterocycles. The van der Waals surface area contributed by atoms with E-state index in [1.54, 1.807) is 0 Å². The number of halogens is 3. The molecule has 15 heteroatoms. The van der Waals surface area contributed by atoms with Gasteiger partial charge in [0.15, 0.2) is 0 Å². The highest BCUT2D eigenvalue weighted by molar-refractivity contribution is 7.89. The molecule has 0 amide bonds. The molecule has 11 nitrogen and oxygen atoms in total. The van der Waals surface area contributed by atoms with Gasteiger partial charge in [-0.3, -0.25) is 4.90 Å². The summed E-state index contributed by atoms with van der Waals surface area (Å²) in [7, 11) is -2.65. The van der Waals surface area contributed by atoms with Gasteiger partial charge in [-0.1, -0.05) is 0 Å². The van der Waals surface area contributed by atoms with Crippen molar-refractivity contribution in [2.45, 2.75) is 30.0 Å². The number of hydrogen-bond donors (Lipinski definition) is 3. The number of H-pyrrole nitrogens is 1. The van der Waals surface area contributed by atoms with Crippen molar-refractivity contribution in [1.82, 2.24) is 24.2 Å². The van der Waals surface area contributed by atoms with Crippen LogP contribution in [0.3, 0.4) is 0 Å². The van der Waals surface area contributed by atoms with Crippen LogP contribution in [-0.2, 0) is 20.9 Å². The van der Waals surface area contributed by atoms with Gasteiger partial charge in [0.2, 0.25) is 16.0 Å². The summed E-state index contributed by atoms with van der Waals surface area (Å²) in [6, 6.07) is 4.07. The molecular formula is C23H28F3N7O4S. The Hall–Kier alpha value is -3.14. The van der Waals surface area contributed by atoms with Crippen molar-refractivity contribution in [2.75, 3.05) is 58.0 Å². The van der Waals surface area contributed by atoms with E-state index in [1.807, 2.05) is 0 Å². The van der Waals surface area contributed by atoms with Gasteiger partial charge in [-0.05, 0) is 25.0 Å². The highest BCUT2D eigenvalue weighted by atomic mass is 32.2. The second-order valence-corrected chi connectivity index (χ2v) is 11.1. The molecule has 2 aliphatic rings. The molecule has 0 spiro atoms. The average Bonchev–Trinajstić information content (AvgIpc) is 3.29. The third-order valence-corrected chi connectivity index (χ3v) is 8.94. The van der Waals surface area contributed by atoms with Gasteiger partial charge in [0.1, 0.15) is 17.2 Å². The van der Waals surface area contributed by atoms with Crippen LogP contribution in [0.25, 0.3) is 22.3 Å². The molecule has 2 aliphatic heterocycles. The lowest BCUT2D eigenvalue weighted by Gasteiger charge is -2.39. The molecule has 0 saturated carbocycles. The molecule has 4 heterocycles. The molecule has 1 aromatic carbocycles. The lowest BCUT2D eigenvalue weighted by molar-refractivity contribution is -0.135. The number of anilines is 2. The number of aromatic amines is 1. The number of nitrogens with zero attached hydrogens (tertiary/aromatic N) is 4. The van der Waals surface area contributed by atoms with Crippen molar-refractivity contribution in [2.24, 2.45) is 0 Å².